The maximum absolute atomic E-state index is 13.2. The zero-order chi connectivity index (χ0) is 20.1. The van der Waals surface area contributed by atoms with Gasteiger partial charge in [-0.2, -0.15) is 0 Å². The summed E-state index contributed by atoms with van der Waals surface area (Å²) in [6.07, 6.45) is 1.00. The van der Waals surface area contributed by atoms with Gasteiger partial charge in [-0.25, -0.2) is 0 Å². The van der Waals surface area contributed by atoms with Gasteiger partial charge in [0.05, 0.1) is 7.11 Å². The van der Waals surface area contributed by atoms with Crippen LogP contribution >= 0.6 is 11.3 Å². The van der Waals surface area contributed by atoms with Gasteiger partial charge in [-0.1, -0.05) is 36.4 Å². The average molecular weight is 407 g/mol. The van der Waals surface area contributed by atoms with Crippen molar-refractivity contribution in [3.8, 4) is 16.9 Å². The molecule has 1 saturated heterocycles. The van der Waals surface area contributed by atoms with Gasteiger partial charge in [0.2, 0.25) is 0 Å². The molecule has 0 bridgehead atoms. The molecule has 1 amide bonds. The van der Waals surface area contributed by atoms with E-state index in [1.807, 2.05) is 53.4 Å². The van der Waals surface area contributed by atoms with Crippen LogP contribution in [0.5, 0.6) is 5.75 Å². The Morgan fingerprint density at radius 1 is 1.00 bits per heavy atom. The molecule has 0 radical (unpaired) electrons. The molecular formula is C24H26N2O2S. The van der Waals surface area contributed by atoms with E-state index in [0.717, 1.165) is 61.6 Å². The summed E-state index contributed by atoms with van der Waals surface area (Å²) in [7, 11) is 1.67. The van der Waals surface area contributed by atoms with Crippen LogP contribution in [0.1, 0.15) is 21.7 Å². The third-order valence-electron chi connectivity index (χ3n) is 5.36. The van der Waals surface area contributed by atoms with E-state index in [1.165, 1.54) is 4.88 Å². The van der Waals surface area contributed by atoms with Crippen molar-refractivity contribution >= 4 is 17.2 Å². The Morgan fingerprint density at radius 3 is 2.72 bits per heavy atom. The van der Waals surface area contributed by atoms with Crippen molar-refractivity contribution < 1.29 is 9.53 Å². The lowest BCUT2D eigenvalue weighted by Crippen LogP contribution is -2.35. The highest BCUT2D eigenvalue weighted by Crippen LogP contribution is 2.30. The Hall–Kier alpha value is -2.63. The molecule has 29 heavy (non-hydrogen) atoms. The summed E-state index contributed by atoms with van der Waals surface area (Å²) in [4.78, 5) is 19.0. The summed E-state index contributed by atoms with van der Waals surface area (Å²) in [5.74, 6) is 0.927. The normalized spacial score (nSPS) is 15.1. The summed E-state index contributed by atoms with van der Waals surface area (Å²) in [6.45, 7) is 4.49. The number of ether oxygens (including phenoxy) is 1. The predicted octanol–water partition coefficient (Wildman–Crippen LogP) is 4.77. The SMILES string of the molecule is COc1ccccc1-c1cccc(C(=O)N2CCCN(Cc3cccs3)CC2)c1. The molecular weight excluding hydrogens is 380 g/mol. The summed E-state index contributed by atoms with van der Waals surface area (Å²) < 4.78 is 5.49. The highest BCUT2D eigenvalue weighted by Gasteiger charge is 2.21. The third-order valence-corrected chi connectivity index (χ3v) is 6.22. The number of benzene rings is 2. The van der Waals surface area contributed by atoms with E-state index in [-0.39, 0.29) is 5.91 Å². The number of rotatable bonds is 5. The van der Waals surface area contributed by atoms with Gasteiger partial charge in [-0.3, -0.25) is 9.69 Å². The largest absolute Gasteiger partial charge is 0.496 e. The topological polar surface area (TPSA) is 32.8 Å². The molecule has 0 unspecified atom stereocenters. The Balaban J connectivity index is 1.47. The standard InChI is InChI=1S/C24H26N2O2S/c1-28-23-11-3-2-10-22(23)19-7-4-8-20(17-19)24(27)26-13-6-12-25(14-15-26)18-21-9-5-16-29-21/h2-5,7-11,16-17H,6,12-15,18H2,1H3. The molecule has 1 fully saturated rings. The van der Waals surface area contributed by atoms with Crippen molar-refractivity contribution in [3.05, 3.63) is 76.5 Å². The molecule has 3 aromatic rings. The van der Waals surface area contributed by atoms with Gasteiger partial charge >= 0.3 is 0 Å². The number of hydrogen-bond acceptors (Lipinski definition) is 4. The minimum absolute atomic E-state index is 0.111. The van der Waals surface area contributed by atoms with Crippen LogP contribution < -0.4 is 4.74 Å². The molecule has 0 aliphatic carbocycles. The minimum atomic E-state index is 0.111. The highest BCUT2D eigenvalue weighted by molar-refractivity contribution is 7.09. The lowest BCUT2D eigenvalue weighted by atomic mass is 10.0. The molecule has 5 heteroatoms. The first-order chi connectivity index (χ1) is 14.2. The fourth-order valence-corrected chi connectivity index (χ4v) is 4.59. The molecule has 0 N–H and O–H groups in total. The molecule has 150 valence electrons. The van der Waals surface area contributed by atoms with Crippen molar-refractivity contribution in [1.82, 2.24) is 9.80 Å². The molecule has 1 aromatic heterocycles. The summed E-state index contributed by atoms with van der Waals surface area (Å²) in [5.41, 5.74) is 2.74. The number of carbonyl (C=O) groups excluding carboxylic acids is 1. The Kier molecular flexibility index (Phi) is 6.27. The third kappa shape index (κ3) is 4.69. The van der Waals surface area contributed by atoms with Crippen molar-refractivity contribution in [2.45, 2.75) is 13.0 Å². The van der Waals surface area contributed by atoms with Crippen LogP contribution in [-0.4, -0.2) is 49.0 Å². The molecule has 1 aliphatic heterocycles. The van der Waals surface area contributed by atoms with Crippen molar-refractivity contribution in [3.63, 3.8) is 0 Å². The quantitative estimate of drug-likeness (QED) is 0.612. The van der Waals surface area contributed by atoms with E-state index >= 15 is 0 Å². The molecule has 4 nitrogen and oxygen atoms in total. The predicted molar refractivity (Wildman–Crippen MR) is 119 cm³/mol. The average Bonchev–Trinajstić information content (AvgIpc) is 3.17. The van der Waals surface area contributed by atoms with Gasteiger partial charge in [0.25, 0.3) is 5.91 Å². The van der Waals surface area contributed by atoms with Gasteiger partial charge in [0, 0.05) is 48.7 Å². The maximum atomic E-state index is 13.2. The number of hydrogen-bond donors (Lipinski definition) is 0. The zero-order valence-electron chi connectivity index (χ0n) is 16.7. The number of para-hydroxylation sites is 1. The second-order valence-corrected chi connectivity index (χ2v) is 8.31. The molecule has 1 aliphatic rings. The second kappa shape index (κ2) is 9.25. The monoisotopic (exact) mass is 406 g/mol. The van der Waals surface area contributed by atoms with Gasteiger partial charge in [-0.05, 0) is 41.6 Å². The highest BCUT2D eigenvalue weighted by atomic mass is 32.1. The van der Waals surface area contributed by atoms with Crippen molar-refractivity contribution in [2.24, 2.45) is 0 Å². The molecule has 2 heterocycles. The molecule has 0 saturated carbocycles. The molecule has 0 spiro atoms. The Bertz CT molecular complexity index is 955. The van der Waals surface area contributed by atoms with Crippen LogP contribution in [0, 0.1) is 0 Å². The zero-order valence-corrected chi connectivity index (χ0v) is 17.5. The minimum Gasteiger partial charge on any atom is -0.496 e. The summed E-state index contributed by atoms with van der Waals surface area (Å²) >= 11 is 1.80. The van der Waals surface area contributed by atoms with Gasteiger partial charge in [0.15, 0.2) is 0 Å². The lowest BCUT2D eigenvalue weighted by Gasteiger charge is -2.22. The summed E-state index contributed by atoms with van der Waals surface area (Å²) in [5, 5.41) is 2.12. The van der Waals surface area contributed by atoms with Gasteiger partial charge in [0.1, 0.15) is 5.75 Å². The van der Waals surface area contributed by atoms with Gasteiger partial charge in [-0.15, -0.1) is 11.3 Å². The van der Waals surface area contributed by atoms with Gasteiger partial charge < -0.3 is 9.64 Å². The van der Waals surface area contributed by atoms with E-state index in [1.54, 1.807) is 18.4 Å². The van der Waals surface area contributed by atoms with Crippen LogP contribution in [-0.2, 0) is 6.54 Å². The first kappa shape index (κ1) is 19.7. The van der Waals surface area contributed by atoms with Crippen LogP contribution in [0.4, 0.5) is 0 Å². The number of carbonyl (C=O) groups is 1. The van der Waals surface area contributed by atoms with Crippen LogP contribution in [0.25, 0.3) is 11.1 Å². The molecule has 4 rings (SSSR count). The number of nitrogens with zero attached hydrogens (tertiary/aromatic N) is 2. The Morgan fingerprint density at radius 2 is 1.90 bits per heavy atom. The van der Waals surface area contributed by atoms with Crippen LogP contribution in [0.15, 0.2) is 66.0 Å². The maximum Gasteiger partial charge on any atom is 0.253 e. The number of methoxy groups -OCH3 is 1. The van der Waals surface area contributed by atoms with E-state index in [9.17, 15) is 4.79 Å². The van der Waals surface area contributed by atoms with Crippen molar-refractivity contribution in [1.29, 1.82) is 0 Å². The number of amides is 1. The van der Waals surface area contributed by atoms with E-state index in [4.69, 9.17) is 4.74 Å². The second-order valence-electron chi connectivity index (χ2n) is 7.28. The molecule has 0 atom stereocenters. The first-order valence-corrected chi connectivity index (χ1v) is 10.9. The summed E-state index contributed by atoms with van der Waals surface area (Å²) in [6, 6.07) is 20.1. The molecule has 2 aromatic carbocycles. The van der Waals surface area contributed by atoms with Crippen LogP contribution in [0.2, 0.25) is 0 Å². The first-order valence-electron chi connectivity index (χ1n) is 10.0. The lowest BCUT2D eigenvalue weighted by molar-refractivity contribution is 0.0761. The fraction of sp³-hybridized carbons (Fsp3) is 0.292. The Labute approximate surface area is 176 Å². The van der Waals surface area contributed by atoms with Crippen LogP contribution in [0.3, 0.4) is 0 Å². The van der Waals surface area contributed by atoms with Crippen molar-refractivity contribution in [2.75, 3.05) is 33.3 Å². The smallest absolute Gasteiger partial charge is 0.253 e. The van der Waals surface area contributed by atoms with E-state index in [0.29, 0.717) is 0 Å². The van der Waals surface area contributed by atoms with E-state index < -0.39 is 0 Å². The van der Waals surface area contributed by atoms with E-state index in [2.05, 4.69) is 22.4 Å². The fourth-order valence-electron chi connectivity index (χ4n) is 3.84. The number of thiophene rings is 1.